The minimum atomic E-state index is -4.21. The van der Waals surface area contributed by atoms with Crippen molar-refractivity contribution >= 4 is 50.7 Å². The number of rotatable bonds is 9. The Morgan fingerprint density at radius 1 is 1.03 bits per heavy atom. The standard InChI is InChI=1S/C28H26N2O7S2/c1-4-36-25-15-20(16-26-27(32)30(28(33)38-26)17-21-8-6-5-7-18(21)2)9-14-24(25)37-39(34,35)23-12-10-22(11-13-23)29-19(3)31/h5-16H,4,17H2,1-3H3,(H,29,31)/b26-16-. The van der Waals surface area contributed by atoms with Crippen LogP contribution in [0.4, 0.5) is 10.5 Å². The Morgan fingerprint density at radius 3 is 2.41 bits per heavy atom. The summed E-state index contributed by atoms with van der Waals surface area (Å²) in [5.41, 5.74) is 2.84. The van der Waals surface area contributed by atoms with E-state index in [1.807, 2.05) is 31.2 Å². The Balaban J connectivity index is 1.55. The molecular formula is C28H26N2O7S2. The number of amides is 3. The van der Waals surface area contributed by atoms with Gasteiger partial charge in [-0.15, -0.1) is 0 Å². The fourth-order valence-electron chi connectivity index (χ4n) is 3.77. The maximum absolute atomic E-state index is 13.0. The fraction of sp³-hybridized carbons (Fsp3) is 0.179. The Kier molecular flexibility index (Phi) is 8.41. The Bertz CT molecular complexity index is 1560. The lowest BCUT2D eigenvalue weighted by molar-refractivity contribution is -0.123. The molecular weight excluding hydrogens is 540 g/mol. The van der Waals surface area contributed by atoms with Crippen LogP contribution in [0.1, 0.15) is 30.5 Å². The summed E-state index contributed by atoms with van der Waals surface area (Å²) in [6.45, 7) is 5.42. The SMILES string of the molecule is CCOc1cc(/C=C2\SC(=O)N(Cc3ccccc3C)C2=O)ccc1OS(=O)(=O)c1ccc(NC(C)=O)cc1. The molecule has 0 saturated carbocycles. The van der Waals surface area contributed by atoms with Gasteiger partial charge >= 0.3 is 10.1 Å². The van der Waals surface area contributed by atoms with Gasteiger partial charge < -0.3 is 14.2 Å². The van der Waals surface area contributed by atoms with Crippen LogP contribution in [0, 0.1) is 6.92 Å². The molecule has 202 valence electrons. The van der Waals surface area contributed by atoms with Crippen LogP contribution >= 0.6 is 11.8 Å². The first-order valence-electron chi connectivity index (χ1n) is 12.0. The smallest absolute Gasteiger partial charge is 0.339 e. The van der Waals surface area contributed by atoms with Crippen LogP contribution in [0.15, 0.2) is 76.5 Å². The molecule has 1 N–H and O–H groups in total. The molecule has 1 aliphatic heterocycles. The molecule has 4 rings (SSSR count). The van der Waals surface area contributed by atoms with E-state index in [1.165, 1.54) is 42.2 Å². The van der Waals surface area contributed by atoms with Crippen molar-refractivity contribution in [3.63, 3.8) is 0 Å². The number of ether oxygens (including phenoxy) is 1. The largest absolute Gasteiger partial charge is 0.490 e. The Labute approximate surface area is 230 Å². The summed E-state index contributed by atoms with van der Waals surface area (Å²) in [5, 5.41) is 2.20. The third kappa shape index (κ3) is 6.68. The van der Waals surface area contributed by atoms with Crippen LogP contribution in [0.25, 0.3) is 6.08 Å². The third-order valence-corrected chi connectivity index (χ3v) is 7.85. The van der Waals surface area contributed by atoms with Gasteiger partial charge in [0.1, 0.15) is 4.90 Å². The lowest BCUT2D eigenvalue weighted by atomic mass is 10.1. The molecule has 0 atom stereocenters. The van der Waals surface area contributed by atoms with E-state index in [-0.39, 0.29) is 45.6 Å². The van der Waals surface area contributed by atoms with Gasteiger partial charge in [-0.2, -0.15) is 8.42 Å². The van der Waals surface area contributed by atoms with Crippen molar-refractivity contribution in [2.45, 2.75) is 32.2 Å². The number of carbonyl (C=O) groups excluding carboxylic acids is 3. The Morgan fingerprint density at radius 2 is 1.74 bits per heavy atom. The van der Waals surface area contributed by atoms with Gasteiger partial charge in [0, 0.05) is 12.6 Å². The normalized spacial score (nSPS) is 14.5. The first-order valence-corrected chi connectivity index (χ1v) is 14.2. The molecule has 1 heterocycles. The number of carbonyl (C=O) groups is 3. The molecule has 9 nitrogen and oxygen atoms in total. The number of benzene rings is 3. The summed E-state index contributed by atoms with van der Waals surface area (Å²) in [6, 6.07) is 17.6. The molecule has 11 heteroatoms. The van der Waals surface area contributed by atoms with Crippen LogP contribution in [0.3, 0.4) is 0 Å². The summed E-state index contributed by atoms with van der Waals surface area (Å²) in [4.78, 5) is 38.1. The van der Waals surface area contributed by atoms with Crippen LogP contribution in [-0.2, 0) is 26.3 Å². The van der Waals surface area contributed by atoms with Gasteiger partial charge in [-0.3, -0.25) is 19.3 Å². The van der Waals surface area contributed by atoms with E-state index in [9.17, 15) is 22.8 Å². The number of hydrogen-bond donors (Lipinski definition) is 1. The first-order chi connectivity index (χ1) is 18.6. The summed E-state index contributed by atoms with van der Waals surface area (Å²) in [6.07, 6.45) is 1.56. The van der Waals surface area contributed by atoms with Crippen molar-refractivity contribution in [3.8, 4) is 11.5 Å². The van der Waals surface area contributed by atoms with Crippen LogP contribution in [-0.4, -0.2) is 37.0 Å². The maximum Gasteiger partial charge on any atom is 0.339 e. The van der Waals surface area contributed by atoms with Crippen molar-refractivity contribution in [2.24, 2.45) is 0 Å². The van der Waals surface area contributed by atoms with Crippen molar-refractivity contribution in [1.82, 2.24) is 4.90 Å². The van der Waals surface area contributed by atoms with E-state index in [0.717, 1.165) is 22.9 Å². The summed E-state index contributed by atoms with van der Waals surface area (Å²) >= 11 is 0.842. The zero-order chi connectivity index (χ0) is 28.2. The fourth-order valence-corrected chi connectivity index (χ4v) is 5.55. The Hall–Kier alpha value is -4.09. The average molecular weight is 567 g/mol. The van der Waals surface area contributed by atoms with Crippen molar-refractivity contribution in [2.75, 3.05) is 11.9 Å². The van der Waals surface area contributed by atoms with Crippen LogP contribution < -0.4 is 14.2 Å². The van der Waals surface area contributed by atoms with E-state index < -0.39 is 16.0 Å². The topological polar surface area (TPSA) is 119 Å². The molecule has 0 aromatic heterocycles. The van der Waals surface area contributed by atoms with E-state index in [1.54, 1.807) is 25.1 Å². The molecule has 39 heavy (non-hydrogen) atoms. The summed E-state index contributed by atoms with van der Waals surface area (Å²) in [5.74, 6) is -0.562. The second-order valence-electron chi connectivity index (χ2n) is 8.58. The monoisotopic (exact) mass is 566 g/mol. The molecule has 0 unspecified atom stereocenters. The summed E-state index contributed by atoms with van der Waals surface area (Å²) < 4.78 is 36.7. The van der Waals surface area contributed by atoms with Crippen molar-refractivity contribution in [1.29, 1.82) is 0 Å². The highest BCUT2D eigenvalue weighted by molar-refractivity contribution is 8.18. The number of anilines is 1. The number of aryl methyl sites for hydroxylation is 1. The molecule has 0 radical (unpaired) electrons. The molecule has 1 fully saturated rings. The van der Waals surface area contributed by atoms with Crippen LogP contribution in [0.5, 0.6) is 11.5 Å². The minimum Gasteiger partial charge on any atom is -0.490 e. The van der Waals surface area contributed by atoms with Crippen molar-refractivity contribution < 1.29 is 31.7 Å². The number of nitrogens with one attached hydrogen (secondary N) is 1. The lowest BCUT2D eigenvalue weighted by Gasteiger charge is -2.14. The van der Waals surface area contributed by atoms with E-state index >= 15 is 0 Å². The maximum atomic E-state index is 13.0. The highest BCUT2D eigenvalue weighted by Gasteiger charge is 2.35. The van der Waals surface area contributed by atoms with Gasteiger partial charge in [-0.05, 0) is 84.8 Å². The van der Waals surface area contributed by atoms with Gasteiger partial charge in [0.2, 0.25) is 5.91 Å². The minimum absolute atomic E-state index is 0.0346. The molecule has 0 aliphatic carbocycles. The second-order valence-corrected chi connectivity index (χ2v) is 11.1. The molecule has 3 aromatic rings. The first kappa shape index (κ1) is 27.9. The predicted molar refractivity (Wildman–Crippen MR) is 149 cm³/mol. The lowest BCUT2D eigenvalue weighted by Crippen LogP contribution is -2.27. The molecule has 1 aliphatic rings. The average Bonchev–Trinajstić information content (AvgIpc) is 3.14. The highest BCUT2D eigenvalue weighted by Crippen LogP contribution is 2.36. The molecule has 1 saturated heterocycles. The molecule has 0 spiro atoms. The van der Waals surface area contributed by atoms with Crippen LogP contribution in [0.2, 0.25) is 0 Å². The molecule has 3 aromatic carbocycles. The van der Waals surface area contributed by atoms with E-state index in [4.69, 9.17) is 8.92 Å². The predicted octanol–water partition coefficient (Wildman–Crippen LogP) is 5.36. The highest BCUT2D eigenvalue weighted by atomic mass is 32.2. The van der Waals surface area contributed by atoms with E-state index in [0.29, 0.717) is 11.3 Å². The van der Waals surface area contributed by atoms with Gasteiger partial charge in [0.25, 0.3) is 11.1 Å². The second kappa shape index (κ2) is 11.7. The quantitative estimate of drug-likeness (QED) is 0.272. The van der Waals surface area contributed by atoms with Crippen molar-refractivity contribution in [3.05, 3.63) is 88.3 Å². The van der Waals surface area contributed by atoms with Gasteiger partial charge in [-0.1, -0.05) is 30.3 Å². The number of thioether (sulfide) groups is 1. The van der Waals surface area contributed by atoms with E-state index in [2.05, 4.69) is 5.32 Å². The molecule has 0 bridgehead atoms. The zero-order valence-corrected chi connectivity index (χ0v) is 23.1. The number of imide groups is 1. The van der Waals surface area contributed by atoms with Gasteiger partial charge in [-0.25, -0.2) is 0 Å². The number of hydrogen-bond acceptors (Lipinski definition) is 8. The van der Waals surface area contributed by atoms with Gasteiger partial charge in [0.15, 0.2) is 11.5 Å². The molecule has 3 amide bonds. The zero-order valence-electron chi connectivity index (χ0n) is 21.5. The number of nitrogens with zero attached hydrogens (tertiary/aromatic N) is 1. The summed E-state index contributed by atoms with van der Waals surface area (Å²) in [7, 11) is -4.21. The third-order valence-electron chi connectivity index (χ3n) is 5.69. The van der Waals surface area contributed by atoms with Gasteiger partial charge in [0.05, 0.1) is 18.1 Å².